The molecule has 39 heavy (non-hydrogen) atoms. The van der Waals surface area contributed by atoms with Crippen LogP contribution in [0.2, 0.25) is 0 Å². The number of methoxy groups -OCH3 is 2. The van der Waals surface area contributed by atoms with Gasteiger partial charge in [-0.1, -0.05) is 39.7 Å². The average Bonchev–Trinajstić information content (AvgIpc) is 3.20. The highest BCUT2D eigenvalue weighted by molar-refractivity contribution is 6.46. The molecule has 1 aliphatic rings. The van der Waals surface area contributed by atoms with Crippen molar-refractivity contribution in [2.24, 2.45) is 0 Å². The molecule has 1 heterocycles. The Hall–Kier alpha value is -3.52. The first-order valence-corrected chi connectivity index (χ1v) is 13.8. The van der Waals surface area contributed by atoms with Crippen molar-refractivity contribution in [3.63, 3.8) is 0 Å². The van der Waals surface area contributed by atoms with Crippen molar-refractivity contribution >= 4 is 17.4 Å². The highest BCUT2D eigenvalue weighted by atomic mass is 16.5. The molecule has 212 valence electrons. The molecule has 1 N–H and O–H groups in total. The van der Waals surface area contributed by atoms with Gasteiger partial charge in [0, 0.05) is 18.7 Å². The highest BCUT2D eigenvalue weighted by Gasteiger charge is 2.46. The van der Waals surface area contributed by atoms with E-state index >= 15 is 0 Å². The number of Topliss-reactive ketones (excluding diaryl/α,β-unsaturated/α-hetero) is 1. The lowest BCUT2D eigenvalue weighted by Crippen LogP contribution is -2.38. The highest BCUT2D eigenvalue weighted by Crippen LogP contribution is 2.42. The zero-order valence-electron chi connectivity index (χ0n) is 24.1. The number of aryl methyl sites for hydroxylation is 1. The van der Waals surface area contributed by atoms with Crippen molar-refractivity contribution in [2.75, 3.05) is 47.0 Å². The van der Waals surface area contributed by atoms with Gasteiger partial charge in [0.05, 0.1) is 32.4 Å². The van der Waals surface area contributed by atoms with Gasteiger partial charge in [-0.05, 0) is 67.9 Å². The van der Waals surface area contributed by atoms with Crippen LogP contribution in [0.15, 0.2) is 42.0 Å². The number of carbonyl (C=O) groups excluding carboxylic acids is 2. The number of unbranched alkanes of at least 4 members (excludes halogenated alkanes) is 2. The molecule has 0 bridgehead atoms. The second-order valence-electron chi connectivity index (χ2n) is 9.67. The minimum Gasteiger partial charge on any atom is -0.507 e. The van der Waals surface area contributed by atoms with E-state index in [0.29, 0.717) is 48.1 Å². The third-order valence-electron chi connectivity index (χ3n) is 7.29. The summed E-state index contributed by atoms with van der Waals surface area (Å²) in [5.41, 5.74) is 1.93. The first-order chi connectivity index (χ1) is 18.8. The van der Waals surface area contributed by atoms with Crippen LogP contribution in [-0.2, 0) is 9.59 Å². The van der Waals surface area contributed by atoms with Gasteiger partial charge >= 0.3 is 0 Å². The van der Waals surface area contributed by atoms with Crippen LogP contribution in [0.5, 0.6) is 17.2 Å². The van der Waals surface area contributed by atoms with Crippen LogP contribution >= 0.6 is 0 Å². The Morgan fingerprint density at radius 3 is 2.33 bits per heavy atom. The first-order valence-electron chi connectivity index (χ1n) is 13.8. The van der Waals surface area contributed by atoms with Crippen LogP contribution < -0.4 is 14.2 Å². The Balaban J connectivity index is 2.10. The molecule has 2 aromatic carbocycles. The zero-order chi connectivity index (χ0) is 28.5. The molecule has 3 rings (SSSR count). The van der Waals surface area contributed by atoms with E-state index in [1.54, 1.807) is 43.4 Å². The van der Waals surface area contributed by atoms with E-state index < -0.39 is 17.7 Å². The third-order valence-corrected chi connectivity index (χ3v) is 7.29. The number of likely N-dealkylation sites (N-methyl/N-ethyl adjacent to an activating group) is 1. The molecule has 0 spiro atoms. The summed E-state index contributed by atoms with van der Waals surface area (Å²) in [7, 11) is 3.14. The maximum absolute atomic E-state index is 13.5. The lowest BCUT2D eigenvalue weighted by atomic mass is 9.93. The van der Waals surface area contributed by atoms with Crippen LogP contribution in [0.4, 0.5) is 0 Å². The molecule has 1 aliphatic heterocycles. The molecule has 1 unspecified atom stereocenters. The summed E-state index contributed by atoms with van der Waals surface area (Å²) in [4.78, 5) is 30.6. The van der Waals surface area contributed by atoms with Crippen LogP contribution in [0, 0.1) is 6.92 Å². The number of ether oxygens (including phenoxy) is 3. The molecule has 1 saturated heterocycles. The van der Waals surface area contributed by atoms with Crippen molar-refractivity contribution in [3.05, 3.63) is 58.7 Å². The number of hydrogen-bond donors (Lipinski definition) is 1. The second kappa shape index (κ2) is 14.0. The Kier molecular flexibility index (Phi) is 10.8. The van der Waals surface area contributed by atoms with Gasteiger partial charge in [-0.3, -0.25) is 9.59 Å². The molecule has 0 aliphatic carbocycles. The molecule has 1 fully saturated rings. The van der Waals surface area contributed by atoms with Crippen molar-refractivity contribution in [3.8, 4) is 17.2 Å². The molecule has 0 radical (unpaired) electrons. The van der Waals surface area contributed by atoms with Gasteiger partial charge in [0.1, 0.15) is 11.5 Å². The molecular formula is C31H42N2O6. The molecule has 1 amide bonds. The average molecular weight is 539 g/mol. The number of amides is 1. The lowest BCUT2D eigenvalue weighted by Gasteiger charge is -2.28. The van der Waals surface area contributed by atoms with Gasteiger partial charge in [0.15, 0.2) is 11.5 Å². The fourth-order valence-electron chi connectivity index (χ4n) is 4.93. The van der Waals surface area contributed by atoms with E-state index in [0.717, 1.165) is 37.9 Å². The van der Waals surface area contributed by atoms with Crippen LogP contribution in [-0.4, -0.2) is 73.6 Å². The van der Waals surface area contributed by atoms with Crippen molar-refractivity contribution in [1.29, 1.82) is 0 Å². The number of aliphatic hydroxyl groups excluding tert-OH is 1. The quantitative estimate of drug-likeness (QED) is 0.150. The number of hydrogen-bond acceptors (Lipinski definition) is 7. The van der Waals surface area contributed by atoms with Crippen molar-refractivity contribution in [2.45, 2.75) is 53.0 Å². The van der Waals surface area contributed by atoms with Gasteiger partial charge in [0.2, 0.25) is 0 Å². The molecule has 1 atom stereocenters. The summed E-state index contributed by atoms with van der Waals surface area (Å²) < 4.78 is 16.9. The SMILES string of the molecule is CCCCCOc1ccc(C2C(=C(O)c3ccc(OC)cc3C)C(=O)C(=O)N2CCN(CC)CC)cc1OC. The number of likely N-dealkylation sites (tertiary alicyclic amines) is 1. The Labute approximate surface area is 232 Å². The summed E-state index contributed by atoms with van der Waals surface area (Å²) in [5.74, 6) is 0.217. The summed E-state index contributed by atoms with van der Waals surface area (Å²) in [5, 5.41) is 11.5. The fraction of sp³-hybridized carbons (Fsp3) is 0.484. The number of benzene rings is 2. The maximum atomic E-state index is 13.5. The van der Waals surface area contributed by atoms with Gasteiger partial charge in [0.25, 0.3) is 11.7 Å². The third kappa shape index (κ3) is 6.74. The minimum absolute atomic E-state index is 0.0616. The molecule has 8 nitrogen and oxygen atoms in total. The van der Waals surface area contributed by atoms with E-state index in [1.807, 2.05) is 19.1 Å². The molecule has 2 aromatic rings. The molecular weight excluding hydrogens is 496 g/mol. The van der Waals surface area contributed by atoms with Gasteiger partial charge < -0.3 is 29.1 Å². The smallest absolute Gasteiger partial charge is 0.295 e. The lowest BCUT2D eigenvalue weighted by molar-refractivity contribution is -0.140. The standard InChI is InChI=1S/C31H42N2O6/c1-7-10-11-18-39-25-15-12-22(20-26(25)38-6)28-27(29(34)24-14-13-23(37-5)19-21(24)4)30(35)31(36)33(28)17-16-32(8-2)9-3/h12-15,19-20,28,34H,7-11,16-18H2,1-6H3. The predicted octanol–water partition coefficient (Wildman–Crippen LogP) is 5.34. The Morgan fingerprint density at radius 1 is 0.974 bits per heavy atom. The van der Waals surface area contributed by atoms with Crippen molar-refractivity contribution < 1.29 is 28.9 Å². The van der Waals surface area contributed by atoms with E-state index in [-0.39, 0.29) is 11.3 Å². The van der Waals surface area contributed by atoms with E-state index in [4.69, 9.17) is 14.2 Å². The van der Waals surface area contributed by atoms with E-state index in [2.05, 4.69) is 25.7 Å². The molecule has 0 saturated carbocycles. The topological polar surface area (TPSA) is 88.5 Å². The van der Waals surface area contributed by atoms with E-state index in [9.17, 15) is 14.7 Å². The van der Waals surface area contributed by atoms with Gasteiger partial charge in [-0.15, -0.1) is 0 Å². The number of aliphatic hydroxyl groups is 1. The summed E-state index contributed by atoms with van der Waals surface area (Å²) in [6.45, 7) is 11.3. The predicted molar refractivity (Wildman–Crippen MR) is 153 cm³/mol. The number of carbonyl (C=O) groups is 2. The van der Waals surface area contributed by atoms with Crippen LogP contribution in [0.1, 0.15) is 62.8 Å². The van der Waals surface area contributed by atoms with Crippen molar-refractivity contribution in [1.82, 2.24) is 9.80 Å². The monoisotopic (exact) mass is 538 g/mol. The number of ketones is 1. The van der Waals surface area contributed by atoms with Gasteiger partial charge in [-0.2, -0.15) is 0 Å². The number of rotatable bonds is 14. The van der Waals surface area contributed by atoms with Gasteiger partial charge in [-0.25, -0.2) is 0 Å². The summed E-state index contributed by atoms with van der Waals surface area (Å²) >= 11 is 0. The summed E-state index contributed by atoms with van der Waals surface area (Å²) in [6, 6.07) is 9.89. The van der Waals surface area contributed by atoms with Crippen LogP contribution in [0.3, 0.4) is 0 Å². The maximum Gasteiger partial charge on any atom is 0.295 e. The zero-order valence-corrected chi connectivity index (χ0v) is 24.1. The fourth-order valence-corrected chi connectivity index (χ4v) is 4.93. The first kappa shape index (κ1) is 30.0. The normalized spacial score (nSPS) is 16.7. The minimum atomic E-state index is -0.773. The molecule has 0 aromatic heterocycles. The Morgan fingerprint density at radius 2 is 1.72 bits per heavy atom. The largest absolute Gasteiger partial charge is 0.507 e. The second-order valence-corrected chi connectivity index (χ2v) is 9.67. The number of nitrogens with zero attached hydrogens (tertiary/aromatic N) is 2. The Bertz CT molecular complexity index is 1190. The molecule has 8 heteroatoms. The summed E-state index contributed by atoms with van der Waals surface area (Å²) in [6.07, 6.45) is 3.11. The van der Waals surface area contributed by atoms with E-state index in [1.165, 1.54) is 0 Å². The van der Waals surface area contributed by atoms with Crippen LogP contribution in [0.25, 0.3) is 5.76 Å².